The lowest BCUT2D eigenvalue weighted by atomic mass is 10.0. The van der Waals surface area contributed by atoms with Crippen LogP contribution in [0.4, 0.5) is 0 Å². The van der Waals surface area contributed by atoms with Crippen molar-refractivity contribution in [3.63, 3.8) is 0 Å². The van der Waals surface area contributed by atoms with Gasteiger partial charge in [-0.15, -0.1) is 11.3 Å². The van der Waals surface area contributed by atoms with Crippen molar-refractivity contribution in [2.45, 2.75) is 26.3 Å². The number of nitrogens with one attached hydrogen (secondary N) is 1. The number of aromatic nitrogens is 1. The minimum Gasteiger partial charge on any atom is -0.310 e. The monoisotopic (exact) mass is 358 g/mol. The highest BCUT2D eigenvalue weighted by atomic mass is 79.9. The van der Waals surface area contributed by atoms with Crippen molar-refractivity contribution in [3.05, 3.63) is 49.3 Å². The van der Waals surface area contributed by atoms with Crippen molar-refractivity contribution < 1.29 is 0 Å². The summed E-state index contributed by atoms with van der Waals surface area (Å²) in [5, 5.41) is 7.49. The molecule has 1 atom stereocenters. The van der Waals surface area contributed by atoms with E-state index in [1.54, 1.807) is 11.3 Å². The number of likely N-dealkylation sites (N-methyl/N-ethyl adjacent to an activating group) is 1. The molecule has 0 amide bonds. The maximum Gasteiger partial charge on any atom is 0.0897 e. The fourth-order valence-electron chi connectivity index (χ4n) is 2.03. The van der Waals surface area contributed by atoms with Crippen molar-refractivity contribution in [1.29, 1.82) is 0 Å². The third-order valence-electron chi connectivity index (χ3n) is 2.86. The summed E-state index contributed by atoms with van der Waals surface area (Å²) < 4.78 is 1.08. The Hall–Kier alpha value is -0.420. The lowest BCUT2D eigenvalue weighted by Gasteiger charge is -2.19. The molecule has 0 aliphatic carbocycles. The predicted octanol–water partition coefficient (Wildman–Crippen LogP) is 4.76. The van der Waals surface area contributed by atoms with Crippen molar-refractivity contribution in [2.24, 2.45) is 0 Å². The molecule has 19 heavy (non-hydrogen) atoms. The zero-order valence-electron chi connectivity index (χ0n) is 10.9. The third kappa shape index (κ3) is 4.02. The van der Waals surface area contributed by atoms with E-state index in [0.717, 1.165) is 33.2 Å². The van der Waals surface area contributed by atoms with Gasteiger partial charge in [-0.3, -0.25) is 0 Å². The number of hydrogen-bond acceptors (Lipinski definition) is 3. The van der Waals surface area contributed by atoms with Crippen molar-refractivity contribution in [3.8, 4) is 0 Å². The Bertz CT molecular complexity index is 556. The second kappa shape index (κ2) is 6.84. The number of benzene rings is 1. The van der Waals surface area contributed by atoms with Crippen molar-refractivity contribution in [2.75, 3.05) is 6.54 Å². The van der Waals surface area contributed by atoms with Crippen LogP contribution in [0.5, 0.6) is 0 Å². The molecule has 0 aliphatic heterocycles. The number of rotatable bonds is 5. The van der Waals surface area contributed by atoms with E-state index >= 15 is 0 Å². The molecule has 1 unspecified atom stereocenters. The van der Waals surface area contributed by atoms with Crippen LogP contribution >= 0.6 is 38.9 Å². The zero-order chi connectivity index (χ0) is 13.8. The van der Waals surface area contributed by atoms with E-state index in [-0.39, 0.29) is 6.04 Å². The van der Waals surface area contributed by atoms with E-state index in [1.807, 2.05) is 25.1 Å². The van der Waals surface area contributed by atoms with Gasteiger partial charge in [0.15, 0.2) is 0 Å². The number of halogens is 2. The fraction of sp³-hybridized carbons (Fsp3) is 0.357. The molecule has 0 radical (unpaired) electrons. The predicted molar refractivity (Wildman–Crippen MR) is 86.1 cm³/mol. The number of nitrogens with zero attached hydrogens (tertiary/aromatic N) is 1. The Labute approximate surface area is 131 Å². The van der Waals surface area contributed by atoms with E-state index in [1.165, 1.54) is 5.56 Å². The van der Waals surface area contributed by atoms with Crippen LogP contribution in [0.1, 0.15) is 29.2 Å². The van der Waals surface area contributed by atoms with Crippen molar-refractivity contribution >= 4 is 38.9 Å². The molecule has 0 saturated carbocycles. The van der Waals surface area contributed by atoms with Crippen LogP contribution < -0.4 is 5.32 Å². The molecule has 0 saturated heterocycles. The SMILES string of the molecule is CCNC(Cc1csc(C)n1)c1cc(Cl)ccc1Br. The highest BCUT2D eigenvalue weighted by Crippen LogP contribution is 2.29. The Kier molecular flexibility index (Phi) is 5.39. The van der Waals surface area contributed by atoms with Crippen LogP contribution in [0, 0.1) is 6.92 Å². The molecule has 0 spiro atoms. The summed E-state index contributed by atoms with van der Waals surface area (Å²) in [5.41, 5.74) is 2.31. The maximum absolute atomic E-state index is 6.11. The summed E-state index contributed by atoms with van der Waals surface area (Å²) in [6, 6.07) is 6.12. The Morgan fingerprint density at radius 2 is 2.26 bits per heavy atom. The quantitative estimate of drug-likeness (QED) is 0.832. The van der Waals surface area contributed by atoms with Crippen molar-refractivity contribution in [1.82, 2.24) is 10.3 Å². The number of thiazole rings is 1. The minimum absolute atomic E-state index is 0.222. The first-order valence-electron chi connectivity index (χ1n) is 6.19. The molecule has 1 heterocycles. The molecule has 5 heteroatoms. The number of aryl methyl sites for hydroxylation is 1. The van der Waals surface area contributed by atoms with E-state index in [4.69, 9.17) is 11.6 Å². The second-order valence-corrected chi connectivity index (χ2v) is 6.69. The topological polar surface area (TPSA) is 24.9 Å². The lowest BCUT2D eigenvalue weighted by Crippen LogP contribution is -2.23. The van der Waals surface area contributed by atoms with Gasteiger partial charge in [0.05, 0.1) is 10.7 Å². The largest absolute Gasteiger partial charge is 0.310 e. The molecule has 2 aromatic rings. The first-order valence-corrected chi connectivity index (χ1v) is 8.24. The highest BCUT2D eigenvalue weighted by Gasteiger charge is 2.16. The van der Waals surface area contributed by atoms with Crippen LogP contribution in [0.2, 0.25) is 5.02 Å². The second-order valence-electron chi connectivity index (χ2n) is 4.34. The van der Waals surface area contributed by atoms with Gasteiger partial charge >= 0.3 is 0 Å². The fourth-order valence-corrected chi connectivity index (χ4v) is 3.36. The van der Waals surface area contributed by atoms with Gasteiger partial charge in [-0.1, -0.05) is 34.5 Å². The first-order chi connectivity index (χ1) is 9.10. The molecule has 0 aliphatic rings. The average molecular weight is 360 g/mol. The summed E-state index contributed by atoms with van der Waals surface area (Å²) in [5.74, 6) is 0. The summed E-state index contributed by atoms with van der Waals surface area (Å²) in [7, 11) is 0. The highest BCUT2D eigenvalue weighted by molar-refractivity contribution is 9.10. The van der Waals surface area contributed by atoms with E-state index in [9.17, 15) is 0 Å². The average Bonchev–Trinajstić information content (AvgIpc) is 2.77. The van der Waals surface area contributed by atoms with Crippen LogP contribution in [-0.2, 0) is 6.42 Å². The molecule has 2 nitrogen and oxygen atoms in total. The normalized spacial score (nSPS) is 12.6. The van der Waals surface area contributed by atoms with Gasteiger partial charge in [0.2, 0.25) is 0 Å². The molecule has 2 rings (SSSR count). The van der Waals surface area contributed by atoms with Crippen LogP contribution in [0.25, 0.3) is 0 Å². The smallest absolute Gasteiger partial charge is 0.0897 e. The van der Waals surface area contributed by atoms with E-state index in [2.05, 4.69) is 38.5 Å². The lowest BCUT2D eigenvalue weighted by molar-refractivity contribution is 0.543. The standard InChI is InChI=1S/C14H16BrClN2S/c1-3-17-14(7-11-8-19-9(2)18-11)12-6-10(16)4-5-13(12)15/h4-6,8,14,17H,3,7H2,1-2H3. The summed E-state index contributed by atoms with van der Waals surface area (Å²) >= 11 is 11.4. The summed E-state index contributed by atoms with van der Waals surface area (Å²) in [4.78, 5) is 4.54. The zero-order valence-corrected chi connectivity index (χ0v) is 14.1. The Balaban J connectivity index is 2.26. The molecule has 0 bridgehead atoms. The molecule has 102 valence electrons. The van der Waals surface area contributed by atoms with Gasteiger partial charge in [0, 0.05) is 27.3 Å². The van der Waals surface area contributed by atoms with Crippen LogP contribution in [0.3, 0.4) is 0 Å². The van der Waals surface area contributed by atoms with Gasteiger partial charge in [0.25, 0.3) is 0 Å². The minimum atomic E-state index is 0.222. The first kappa shape index (κ1) is 15.0. The van der Waals surface area contributed by atoms with Crippen LogP contribution in [-0.4, -0.2) is 11.5 Å². The number of hydrogen-bond donors (Lipinski definition) is 1. The molecular weight excluding hydrogens is 344 g/mol. The molecular formula is C14H16BrClN2S. The Morgan fingerprint density at radius 3 is 2.89 bits per heavy atom. The van der Waals surface area contributed by atoms with Gasteiger partial charge in [-0.2, -0.15) is 0 Å². The maximum atomic E-state index is 6.11. The molecule has 1 aromatic heterocycles. The van der Waals surface area contributed by atoms with Gasteiger partial charge in [-0.25, -0.2) is 4.98 Å². The van der Waals surface area contributed by atoms with Gasteiger partial charge < -0.3 is 5.32 Å². The van der Waals surface area contributed by atoms with Gasteiger partial charge in [0.1, 0.15) is 0 Å². The molecule has 1 aromatic carbocycles. The summed E-state index contributed by atoms with van der Waals surface area (Å²) in [6.07, 6.45) is 0.872. The molecule has 0 fully saturated rings. The Morgan fingerprint density at radius 1 is 1.47 bits per heavy atom. The molecule has 1 N–H and O–H groups in total. The van der Waals surface area contributed by atoms with Crippen LogP contribution in [0.15, 0.2) is 28.1 Å². The third-order valence-corrected chi connectivity index (χ3v) is 4.64. The summed E-state index contributed by atoms with van der Waals surface area (Å²) in [6.45, 7) is 5.05. The van der Waals surface area contributed by atoms with Gasteiger partial charge in [-0.05, 0) is 37.2 Å². The van der Waals surface area contributed by atoms with E-state index < -0.39 is 0 Å². The van der Waals surface area contributed by atoms with E-state index in [0.29, 0.717) is 0 Å².